The summed E-state index contributed by atoms with van der Waals surface area (Å²) in [4.78, 5) is 0. The van der Waals surface area contributed by atoms with Crippen LogP contribution in [-0.4, -0.2) is 12.6 Å². The largest absolute Gasteiger partial charge is 0.314 e. The number of hydrogen-bond acceptors (Lipinski definition) is 1. The smallest absolute Gasteiger partial charge is 0.00674 e. The Morgan fingerprint density at radius 3 is 2.42 bits per heavy atom. The van der Waals surface area contributed by atoms with Gasteiger partial charge in [-0.05, 0) is 75.7 Å². The first kappa shape index (κ1) is 15.1. The summed E-state index contributed by atoms with van der Waals surface area (Å²) < 4.78 is 0. The van der Waals surface area contributed by atoms with Crippen molar-refractivity contribution in [3.63, 3.8) is 0 Å². The molecule has 1 nitrogen and oxygen atoms in total. The van der Waals surface area contributed by atoms with Gasteiger partial charge in [-0.25, -0.2) is 0 Å². The van der Waals surface area contributed by atoms with E-state index in [4.69, 9.17) is 0 Å². The monoisotopic (exact) mass is 263 g/mol. The molecule has 2 rings (SSSR count). The molecule has 1 heteroatoms. The number of nitrogens with one attached hydrogen (secondary N) is 1. The summed E-state index contributed by atoms with van der Waals surface area (Å²) in [5, 5.41) is 3.80. The standard InChI is InChI=1S/C18H33N/c1-18(2,3)16-9-11-17(12-10-16)19-14-13-15-7-5-4-6-8-15/h7,16-17,19H,4-6,8-14H2,1-3H3. The van der Waals surface area contributed by atoms with Crippen molar-refractivity contribution in [3.05, 3.63) is 11.6 Å². The lowest BCUT2D eigenvalue weighted by Gasteiger charge is -2.37. The van der Waals surface area contributed by atoms with E-state index in [1.54, 1.807) is 5.57 Å². The van der Waals surface area contributed by atoms with Gasteiger partial charge in [-0.15, -0.1) is 0 Å². The summed E-state index contributed by atoms with van der Waals surface area (Å²) in [6.07, 6.45) is 14.9. The third-order valence-corrected chi connectivity index (χ3v) is 5.22. The summed E-state index contributed by atoms with van der Waals surface area (Å²) in [6.45, 7) is 8.42. The quantitative estimate of drug-likeness (QED) is 0.698. The van der Waals surface area contributed by atoms with Gasteiger partial charge in [0.05, 0.1) is 0 Å². The Hall–Kier alpha value is -0.300. The van der Waals surface area contributed by atoms with E-state index in [9.17, 15) is 0 Å². The van der Waals surface area contributed by atoms with Crippen molar-refractivity contribution in [2.45, 2.75) is 84.6 Å². The van der Waals surface area contributed by atoms with Gasteiger partial charge in [-0.1, -0.05) is 32.4 Å². The fraction of sp³-hybridized carbons (Fsp3) is 0.889. The Labute approximate surface area is 120 Å². The first-order chi connectivity index (χ1) is 9.05. The van der Waals surface area contributed by atoms with Crippen LogP contribution in [0, 0.1) is 11.3 Å². The van der Waals surface area contributed by atoms with E-state index in [0.29, 0.717) is 5.41 Å². The van der Waals surface area contributed by atoms with Crippen molar-refractivity contribution in [1.82, 2.24) is 5.32 Å². The van der Waals surface area contributed by atoms with Gasteiger partial charge in [0, 0.05) is 6.04 Å². The maximum Gasteiger partial charge on any atom is 0.00674 e. The summed E-state index contributed by atoms with van der Waals surface area (Å²) in [5.41, 5.74) is 2.22. The average Bonchev–Trinajstić information content (AvgIpc) is 2.39. The normalized spacial score (nSPS) is 29.1. The van der Waals surface area contributed by atoms with Crippen LogP contribution in [0.3, 0.4) is 0 Å². The number of allylic oxidation sites excluding steroid dienone is 1. The Bertz CT molecular complexity index is 289. The van der Waals surface area contributed by atoms with Crippen LogP contribution in [-0.2, 0) is 0 Å². The molecule has 0 radical (unpaired) electrons. The minimum Gasteiger partial charge on any atom is -0.314 e. The second kappa shape index (κ2) is 6.92. The molecule has 1 saturated carbocycles. The van der Waals surface area contributed by atoms with Gasteiger partial charge in [-0.3, -0.25) is 0 Å². The lowest BCUT2D eigenvalue weighted by atomic mass is 9.71. The highest BCUT2D eigenvalue weighted by atomic mass is 14.9. The Morgan fingerprint density at radius 2 is 1.84 bits per heavy atom. The molecule has 0 spiro atoms. The van der Waals surface area contributed by atoms with E-state index in [1.807, 2.05) is 0 Å². The van der Waals surface area contributed by atoms with Gasteiger partial charge in [0.2, 0.25) is 0 Å². The molecule has 0 amide bonds. The minimum absolute atomic E-state index is 0.512. The molecule has 19 heavy (non-hydrogen) atoms. The highest BCUT2D eigenvalue weighted by molar-refractivity contribution is 5.05. The van der Waals surface area contributed by atoms with Crippen LogP contribution in [0.2, 0.25) is 0 Å². The van der Waals surface area contributed by atoms with Crippen LogP contribution in [0.25, 0.3) is 0 Å². The van der Waals surface area contributed by atoms with Crippen molar-refractivity contribution in [2.24, 2.45) is 11.3 Å². The molecule has 110 valence electrons. The Balaban J connectivity index is 1.62. The molecular formula is C18H33N. The summed E-state index contributed by atoms with van der Waals surface area (Å²) in [5.74, 6) is 0.937. The van der Waals surface area contributed by atoms with Crippen LogP contribution < -0.4 is 5.32 Å². The molecular weight excluding hydrogens is 230 g/mol. The first-order valence-corrected chi connectivity index (χ1v) is 8.47. The predicted octanol–water partition coefficient (Wildman–Crippen LogP) is 5.07. The van der Waals surface area contributed by atoms with Crippen LogP contribution in [0.15, 0.2) is 11.6 Å². The second-order valence-corrected chi connectivity index (χ2v) is 7.73. The molecule has 0 heterocycles. The van der Waals surface area contributed by atoms with Gasteiger partial charge in [0.25, 0.3) is 0 Å². The lowest BCUT2D eigenvalue weighted by Crippen LogP contribution is -2.36. The van der Waals surface area contributed by atoms with Crippen molar-refractivity contribution >= 4 is 0 Å². The lowest BCUT2D eigenvalue weighted by molar-refractivity contribution is 0.160. The van der Waals surface area contributed by atoms with E-state index < -0.39 is 0 Å². The van der Waals surface area contributed by atoms with E-state index in [-0.39, 0.29) is 0 Å². The van der Waals surface area contributed by atoms with Crippen LogP contribution in [0.1, 0.15) is 78.6 Å². The zero-order valence-electron chi connectivity index (χ0n) is 13.3. The van der Waals surface area contributed by atoms with Gasteiger partial charge < -0.3 is 5.32 Å². The SMILES string of the molecule is CC(C)(C)C1CCC(NCCC2=CCCCC2)CC1. The molecule has 0 aromatic rings. The predicted molar refractivity (Wildman–Crippen MR) is 84.4 cm³/mol. The van der Waals surface area contributed by atoms with Crippen molar-refractivity contribution in [1.29, 1.82) is 0 Å². The average molecular weight is 263 g/mol. The summed E-state index contributed by atoms with van der Waals surface area (Å²) in [7, 11) is 0. The second-order valence-electron chi connectivity index (χ2n) is 7.73. The molecule has 0 aromatic heterocycles. The van der Waals surface area contributed by atoms with Gasteiger partial charge in [0.15, 0.2) is 0 Å². The first-order valence-electron chi connectivity index (χ1n) is 8.47. The molecule has 0 bridgehead atoms. The van der Waals surface area contributed by atoms with Crippen LogP contribution in [0.4, 0.5) is 0 Å². The fourth-order valence-electron chi connectivity index (χ4n) is 3.73. The van der Waals surface area contributed by atoms with Crippen molar-refractivity contribution in [2.75, 3.05) is 6.54 Å². The molecule has 0 saturated heterocycles. The van der Waals surface area contributed by atoms with E-state index in [1.165, 1.54) is 64.3 Å². The number of hydrogen-bond donors (Lipinski definition) is 1. The summed E-state index contributed by atoms with van der Waals surface area (Å²) in [6, 6.07) is 0.794. The zero-order valence-corrected chi connectivity index (χ0v) is 13.3. The molecule has 1 N–H and O–H groups in total. The van der Waals surface area contributed by atoms with Crippen LogP contribution in [0.5, 0.6) is 0 Å². The van der Waals surface area contributed by atoms with Gasteiger partial charge >= 0.3 is 0 Å². The highest BCUT2D eigenvalue weighted by Crippen LogP contribution is 2.37. The highest BCUT2D eigenvalue weighted by Gasteiger charge is 2.29. The van der Waals surface area contributed by atoms with E-state index in [2.05, 4.69) is 32.2 Å². The van der Waals surface area contributed by atoms with E-state index >= 15 is 0 Å². The zero-order chi connectivity index (χ0) is 13.7. The van der Waals surface area contributed by atoms with Gasteiger partial charge in [0.1, 0.15) is 0 Å². The topological polar surface area (TPSA) is 12.0 Å². The van der Waals surface area contributed by atoms with Gasteiger partial charge in [-0.2, -0.15) is 0 Å². The van der Waals surface area contributed by atoms with Crippen molar-refractivity contribution in [3.8, 4) is 0 Å². The Morgan fingerprint density at radius 1 is 1.11 bits per heavy atom. The minimum atomic E-state index is 0.512. The summed E-state index contributed by atoms with van der Waals surface area (Å²) >= 11 is 0. The maximum absolute atomic E-state index is 3.80. The third-order valence-electron chi connectivity index (χ3n) is 5.22. The van der Waals surface area contributed by atoms with Crippen LogP contribution >= 0.6 is 0 Å². The molecule has 0 aliphatic heterocycles. The third kappa shape index (κ3) is 4.95. The molecule has 0 atom stereocenters. The van der Waals surface area contributed by atoms with Crippen molar-refractivity contribution < 1.29 is 0 Å². The molecule has 0 aromatic carbocycles. The molecule has 2 aliphatic carbocycles. The maximum atomic E-state index is 3.80. The van der Waals surface area contributed by atoms with E-state index in [0.717, 1.165) is 12.0 Å². The molecule has 1 fully saturated rings. The molecule has 0 unspecified atom stereocenters. The fourth-order valence-corrected chi connectivity index (χ4v) is 3.73. The Kier molecular flexibility index (Phi) is 5.50. The molecule has 2 aliphatic rings. The number of rotatable bonds is 4.